The van der Waals surface area contributed by atoms with Crippen LogP contribution in [0.15, 0.2) is 97.2 Å². The summed E-state index contributed by atoms with van der Waals surface area (Å²) < 4.78 is 6.81. The number of hydrogen-bond acceptors (Lipinski definition) is 4. The van der Waals surface area contributed by atoms with E-state index in [1.54, 1.807) is 12.1 Å². The van der Waals surface area contributed by atoms with Crippen LogP contribution in [0.3, 0.4) is 0 Å². The fourth-order valence-electron chi connectivity index (χ4n) is 3.84. The lowest BCUT2D eigenvalue weighted by molar-refractivity contribution is 0.0601. The Balaban J connectivity index is 1.61. The topological polar surface area (TPSA) is 55.6 Å². The van der Waals surface area contributed by atoms with Gasteiger partial charge in [0.1, 0.15) is 17.2 Å². The van der Waals surface area contributed by atoms with Crippen molar-refractivity contribution in [1.29, 1.82) is 0 Å². The molecule has 0 saturated heterocycles. The maximum absolute atomic E-state index is 11.8. The molecule has 5 aromatic rings. The molecule has 0 unspecified atom stereocenters. The van der Waals surface area contributed by atoms with E-state index in [9.17, 15) is 4.79 Å². The number of rotatable bonds is 5. The molecule has 3 aromatic carbocycles. The van der Waals surface area contributed by atoms with Crippen LogP contribution in [-0.4, -0.2) is 22.5 Å². The minimum Gasteiger partial charge on any atom is -0.465 e. The lowest BCUT2D eigenvalue weighted by atomic mass is 10.1. The van der Waals surface area contributed by atoms with Gasteiger partial charge in [-0.05, 0) is 59.7 Å². The number of ether oxygens (including phenoxy) is 1. The predicted octanol–water partition coefficient (Wildman–Crippen LogP) is 6.18. The van der Waals surface area contributed by atoms with Gasteiger partial charge in [0.05, 0.1) is 12.7 Å². The molecule has 0 spiro atoms. The quantitative estimate of drug-likeness (QED) is 0.260. The molecule has 164 valence electrons. The van der Waals surface area contributed by atoms with Gasteiger partial charge < -0.3 is 10.1 Å². The van der Waals surface area contributed by atoms with E-state index in [0.29, 0.717) is 5.56 Å². The molecular formula is C29H21N3O2. The van der Waals surface area contributed by atoms with E-state index in [-0.39, 0.29) is 5.97 Å². The van der Waals surface area contributed by atoms with Crippen LogP contribution in [0.2, 0.25) is 0 Å². The number of nitrogens with zero attached hydrogens (tertiary/aromatic N) is 2. The standard InChI is InChI=1S/C29H21N3O2/c1-3-20-9-11-22(12-10-20)27-28(30-25-15-13-23(14-16-25)29(33)34-2)32-18-17-24(19-26(32)31-27)21-7-5-4-6-8-21/h1,4-19,30H,2H3. The molecular weight excluding hydrogens is 422 g/mol. The van der Waals surface area contributed by atoms with Crippen LogP contribution in [0.25, 0.3) is 28.0 Å². The third-order valence-corrected chi connectivity index (χ3v) is 5.63. The number of benzene rings is 3. The summed E-state index contributed by atoms with van der Waals surface area (Å²) in [5, 5.41) is 3.47. The molecule has 0 radical (unpaired) electrons. The summed E-state index contributed by atoms with van der Waals surface area (Å²) in [6.45, 7) is 0. The van der Waals surface area contributed by atoms with Gasteiger partial charge in [0, 0.05) is 23.0 Å². The van der Waals surface area contributed by atoms with Crippen molar-refractivity contribution in [3.05, 3.63) is 108 Å². The third-order valence-electron chi connectivity index (χ3n) is 5.63. The Morgan fingerprint density at radius 2 is 1.65 bits per heavy atom. The van der Waals surface area contributed by atoms with E-state index in [4.69, 9.17) is 16.1 Å². The summed E-state index contributed by atoms with van der Waals surface area (Å²) in [6.07, 6.45) is 7.54. The highest BCUT2D eigenvalue weighted by molar-refractivity contribution is 5.90. The zero-order valence-corrected chi connectivity index (χ0v) is 18.5. The highest BCUT2D eigenvalue weighted by Gasteiger charge is 2.16. The number of nitrogens with one attached hydrogen (secondary N) is 1. The second kappa shape index (κ2) is 8.97. The Bertz CT molecular complexity index is 1510. The van der Waals surface area contributed by atoms with Crippen molar-refractivity contribution in [3.8, 4) is 34.7 Å². The maximum Gasteiger partial charge on any atom is 0.337 e. The highest BCUT2D eigenvalue weighted by Crippen LogP contribution is 2.33. The Labute approximate surface area is 197 Å². The average Bonchev–Trinajstić information content (AvgIpc) is 3.26. The first-order valence-corrected chi connectivity index (χ1v) is 10.8. The molecule has 5 heteroatoms. The molecule has 2 aromatic heterocycles. The number of anilines is 2. The minimum atomic E-state index is -0.371. The molecule has 0 bridgehead atoms. The lowest BCUT2D eigenvalue weighted by Gasteiger charge is -2.10. The fraction of sp³-hybridized carbons (Fsp3) is 0.0345. The van der Waals surface area contributed by atoms with E-state index in [2.05, 4.69) is 35.5 Å². The summed E-state index contributed by atoms with van der Waals surface area (Å²) in [5.41, 5.74) is 6.88. The number of fused-ring (bicyclic) bond motifs is 1. The number of carbonyl (C=O) groups excluding carboxylic acids is 1. The van der Waals surface area contributed by atoms with Gasteiger partial charge in [0.2, 0.25) is 0 Å². The fourth-order valence-corrected chi connectivity index (χ4v) is 3.84. The summed E-state index contributed by atoms with van der Waals surface area (Å²) in [4.78, 5) is 16.7. The molecule has 1 N–H and O–H groups in total. The number of terminal acetylenes is 1. The van der Waals surface area contributed by atoms with Gasteiger partial charge in [0.25, 0.3) is 0 Å². The largest absolute Gasteiger partial charge is 0.465 e. The summed E-state index contributed by atoms with van der Waals surface area (Å²) >= 11 is 0. The van der Waals surface area contributed by atoms with Crippen LogP contribution in [0, 0.1) is 12.3 Å². The second-order valence-electron chi connectivity index (χ2n) is 7.73. The number of methoxy groups -OCH3 is 1. The smallest absolute Gasteiger partial charge is 0.337 e. The van der Waals surface area contributed by atoms with Gasteiger partial charge in [-0.3, -0.25) is 4.40 Å². The second-order valence-corrected chi connectivity index (χ2v) is 7.73. The third kappa shape index (κ3) is 4.01. The van der Waals surface area contributed by atoms with Crippen LogP contribution < -0.4 is 5.32 Å². The number of carbonyl (C=O) groups is 1. The van der Waals surface area contributed by atoms with Crippen LogP contribution >= 0.6 is 0 Å². The minimum absolute atomic E-state index is 0.371. The Kier molecular flexibility index (Phi) is 5.55. The van der Waals surface area contributed by atoms with Gasteiger partial charge in [-0.15, -0.1) is 6.42 Å². The van der Waals surface area contributed by atoms with E-state index >= 15 is 0 Å². The molecule has 0 fully saturated rings. The first kappa shape index (κ1) is 21.0. The zero-order chi connectivity index (χ0) is 23.5. The van der Waals surface area contributed by atoms with Crippen LogP contribution in [-0.2, 0) is 4.74 Å². The van der Waals surface area contributed by atoms with Gasteiger partial charge in [-0.2, -0.15) is 0 Å². The van der Waals surface area contributed by atoms with Gasteiger partial charge in [-0.1, -0.05) is 48.4 Å². The molecule has 5 nitrogen and oxygen atoms in total. The summed E-state index contributed by atoms with van der Waals surface area (Å²) in [6, 6.07) is 29.2. The van der Waals surface area contributed by atoms with Gasteiger partial charge in [-0.25, -0.2) is 9.78 Å². The van der Waals surface area contributed by atoms with Crippen molar-refractivity contribution < 1.29 is 9.53 Å². The SMILES string of the molecule is C#Cc1ccc(-c2nc3cc(-c4ccccc4)ccn3c2Nc2ccc(C(=O)OC)cc2)cc1. The van der Waals surface area contributed by atoms with E-state index in [1.165, 1.54) is 7.11 Å². The first-order valence-electron chi connectivity index (χ1n) is 10.8. The molecule has 5 rings (SSSR count). The monoisotopic (exact) mass is 443 g/mol. The van der Waals surface area contributed by atoms with Crippen molar-refractivity contribution >= 4 is 23.1 Å². The molecule has 0 saturated carbocycles. The summed E-state index contributed by atoms with van der Waals surface area (Å²) in [5.74, 6) is 3.10. The molecule has 2 heterocycles. The molecule has 0 aliphatic heterocycles. The van der Waals surface area contributed by atoms with Crippen LogP contribution in [0.4, 0.5) is 11.5 Å². The highest BCUT2D eigenvalue weighted by atomic mass is 16.5. The van der Waals surface area contributed by atoms with Crippen molar-refractivity contribution in [1.82, 2.24) is 9.38 Å². The van der Waals surface area contributed by atoms with Gasteiger partial charge >= 0.3 is 5.97 Å². The van der Waals surface area contributed by atoms with Crippen LogP contribution in [0.5, 0.6) is 0 Å². The number of hydrogen-bond donors (Lipinski definition) is 1. The van der Waals surface area contributed by atoms with Crippen molar-refractivity contribution in [2.75, 3.05) is 12.4 Å². The predicted molar refractivity (Wildman–Crippen MR) is 135 cm³/mol. The Morgan fingerprint density at radius 3 is 2.32 bits per heavy atom. The molecule has 0 aliphatic carbocycles. The molecule has 0 amide bonds. The first-order chi connectivity index (χ1) is 16.7. The maximum atomic E-state index is 11.8. The number of imidazole rings is 1. The average molecular weight is 444 g/mol. The Hall–Kier alpha value is -4.82. The Morgan fingerprint density at radius 1 is 0.912 bits per heavy atom. The molecule has 0 atom stereocenters. The van der Waals surface area contributed by atoms with Crippen molar-refractivity contribution in [2.24, 2.45) is 0 Å². The van der Waals surface area contributed by atoms with E-state index in [1.807, 2.05) is 65.2 Å². The van der Waals surface area contributed by atoms with E-state index < -0.39 is 0 Å². The summed E-state index contributed by atoms with van der Waals surface area (Å²) in [7, 11) is 1.37. The van der Waals surface area contributed by atoms with E-state index in [0.717, 1.165) is 45.1 Å². The van der Waals surface area contributed by atoms with Crippen LogP contribution in [0.1, 0.15) is 15.9 Å². The number of pyridine rings is 1. The number of aromatic nitrogens is 2. The molecule has 34 heavy (non-hydrogen) atoms. The number of esters is 1. The lowest BCUT2D eigenvalue weighted by Crippen LogP contribution is -2.01. The van der Waals surface area contributed by atoms with Crippen molar-refractivity contribution in [3.63, 3.8) is 0 Å². The normalized spacial score (nSPS) is 10.6. The van der Waals surface area contributed by atoms with Gasteiger partial charge in [0.15, 0.2) is 0 Å². The molecule has 0 aliphatic rings. The van der Waals surface area contributed by atoms with Crippen molar-refractivity contribution in [2.45, 2.75) is 0 Å². The zero-order valence-electron chi connectivity index (χ0n) is 18.5.